The Hall–Kier alpha value is -3.32. The summed E-state index contributed by atoms with van der Waals surface area (Å²) in [6.45, 7) is 0. The maximum Gasteiger partial charge on any atom is 0.346 e. The quantitative estimate of drug-likeness (QED) is 0.643. The van der Waals surface area contributed by atoms with Crippen LogP contribution >= 0.6 is 11.3 Å². The number of benzene rings is 2. The molecule has 1 aliphatic heterocycles. The fourth-order valence-corrected chi connectivity index (χ4v) is 4.91. The number of carbonyl (C=O) groups is 2. The normalized spacial score (nSPS) is 15.4. The van der Waals surface area contributed by atoms with Gasteiger partial charge in [0.1, 0.15) is 16.4 Å². The molecule has 2 aromatic carbocycles. The van der Waals surface area contributed by atoms with E-state index in [-0.39, 0.29) is 23.1 Å². The molecule has 2 N–H and O–H groups in total. The number of nitrogens with one attached hydrogen (secondary N) is 1. The number of thiophene rings is 1. The summed E-state index contributed by atoms with van der Waals surface area (Å²) >= 11 is 1.20. The van der Waals surface area contributed by atoms with Gasteiger partial charge in [-0.15, -0.1) is 11.3 Å². The largest absolute Gasteiger partial charge is 0.497 e. The van der Waals surface area contributed by atoms with Crippen molar-refractivity contribution in [1.82, 2.24) is 0 Å². The molecule has 3 aromatic rings. The van der Waals surface area contributed by atoms with Gasteiger partial charge in [-0.05, 0) is 23.8 Å². The SMILES string of the molecule is COc1ccc(-c2c(C(=O)O)sc3c2NC(=O)C[C@H]3c2ccccc2OC)cc1. The summed E-state index contributed by atoms with van der Waals surface area (Å²) in [6.07, 6.45) is 0.231. The number of para-hydroxylation sites is 1. The van der Waals surface area contributed by atoms with Crippen molar-refractivity contribution in [2.75, 3.05) is 19.5 Å². The van der Waals surface area contributed by atoms with Gasteiger partial charge in [0.05, 0.1) is 19.9 Å². The summed E-state index contributed by atoms with van der Waals surface area (Å²) in [5, 5.41) is 12.8. The highest BCUT2D eigenvalue weighted by atomic mass is 32.1. The zero-order valence-corrected chi connectivity index (χ0v) is 16.7. The Morgan fingerprint density at radius 3 is 2.48 bits per heavy atom. The summed E-state index contributed by atoms with van der Waals surface area (Å²) in [5.41, 5.74) is 2.66. The molecule has 4 rings (SSSR count). The van der Waals surface area contributed by atoms with Crippen LogP contribution in [0.1, 0.15) is 32.5 Å². The van der Waals surface area contributed by atoms with Gasteiger partial charge in [-0.1, -0.05) is 30.3 Å². The second-order valence-corrected chi connectivity index (χ2v) is 7.68. The van der Waals surface area contributed by atoms with Gasteiger partial charge >= 0.3 is 5.97 Å². The van der Waals surface area contributed by atoms with Crippen LogP contribution in [0.4, 0.5) is 5.69 Å². The molecule has 1 aromatic heterocycles. The molecule has 0 unspecified atom stereocenters. The highest BCUT2D eigenvalue weighted by Crippen LogP contribution is 2.50. The van der Waals surface area contributed by atoms with E-state index < -0.39 is 5.97 Å². The molecule has 0 spiro atoms. The first kappa shape index (κ1) is 19.0. The van der Waals surface area contributed by atoms with Gasteiger partial charge in [0.2, 0.25) is 5.91 Å². The number of aromatic carboxylic acids is 1. The van der Waals surface area contributed by atoms with E-state index in [2.05, 4.69) is 5.32 Å². The minimum Gasteiger partial charge on any atom is -0.497 e. The van der Waals surface area contributed by atoms with Crippen LogP contribution in [-0.2, 0) is 4.79 Å². The van der Waals surface area contributed by atoms with Crippen molar-refractivity contribution >= 4 is 28.9 Å². The average molecular weight is 409 g/mol. The fraction of sp³-hybridized carbons (Fsp3) is 0.182. The Balaban J connectivity index is 1.92. The molecule has 0 saturated carbocycles. The number of amides is 1. The number of carbonyl (C=O) groups excluding carboxylic acids is 1. The number of methoxy groups -OCH3 is 2. The van der Waals surface area contributed by atoms with Gasteiger partial charge in [-0.3, -0.25) is 4.79 Å². The van der Waals surface area contributed by atoms with Gasteiger partial charge < -0.3 is 19.9 Å². The Kier molecular flexibility index (Phi) is 4.98. The van der Waals surface area contributed by atoms with Gasteiger partial charge in [0, 0.05) is 28.3 Å². The first-order chi connectivity index (χ1) is 14.0. The lowest BCUT2D eigenvalue weighted by atomic mass is 9.88. The fourth-order valence-electron chi connectivity index (χ4n) is 3.68. The number of hydrogen-bond acceptors (Lipinski definition) is 5. The monoisotopic (exact) mass is 409 g/mol. The molecular weight excluding hydrogens is 390 g/mol. The van der Waals surface area contributed by atoms with Crippen LogP contribution in [-0.4, -0.2) is 31.2 Å². The molecule has 1 aliphatic rings. The molecule has 0 aliphatic carbocycles. The van der Waals surface area contributed by atoms with E-state index in [1.54, 1.807) is 38.5 Å². The molecule has 0 bridgehead atoms. The predicted octanol–water partition coefficient (Wildman–Crippen LogP) is 4.60. The Labute approximate surface area is 171 Å². The van der Waals surface area contributed by atoms with Crippen molar-refractivity contribution in [1.29, 1.82) is 0 Å². The third kappa shape index (κ3) is 3.34. The van der Waals surface area contributed by atoms with Crippen molar-refractivity contribution in [3.05, 3.63) is 63.8 Å². The molecule has 7 heteroatoms. The maximum atomic E-state index is 12.6. The molecule has 29 heavy (non-hydrogen) atoms. The highest BCUT2D eigenvalue weighted by Gasteiger charge is 2.35. The van der Waals surface area contributed by atoms with Crippen molar-refractivity contribution in [3.8, 4) is 22.6 Å². The second kappa shape index (κ2) is 7.60. The van der Waals surface area contributed by atoms with Crippen molar-refractivity contribution < 1.29 is 24.2 Å². The topological polar surface area (TPSA) is 84.9 Å². The summed E-state index contributed by atoms with van der Waals surface area (Å²) in [4.78, 5) is 25.6. The van der Waals surface area contributed by atoms with Crippen molar-refractivity contribution in [3.63, 3.8) is 0 Å². The molecule has 0 fully saturated rings. The van der Waals surface area contributed by atoms with Crippen LogP contribution in [0.25, 0.3) is 11.1 Å². The number of rotatable bonds is 5. The third-order valence-corrected chi connectivity index (χ3v) is 6.28. The lowest BCUT2D eigenvalue weighted by molar-refractivity contribution is -0.116. The van der Waals surface area contributed by atoms with E-state index in [9.17, 15) is 14.7 Å². The molecule has 2 heterocycles. The summed E-state index contributed by atoms with van der Waals surface area (Å²) in [5.74, 6) is -0.105. The number of carboxylic acids is 1. The van der Waals surface area contributed by atoms with Crippen LogP contribution < -0.4 is 14.8 Å². The number of anilines is 1. The van der Waals surface area contributed by atoms with Gasteiger partial charge in [0.15, 0.2) is 0 Å². The number of hydrogen-bond donors (Lipinski definition) is 2. The first-order valence-electron chi connectivity index (χ1n) is 9.00. The van der Waals surface area contributed by atoms with Crippen LogP contribution in [0.15, 0.2) is 48.5 Å². The molecular formula is C22H19NO5S. The Morgan fingerprint density at radius 1 is 1.10 bits per heavy atom. The lowest BCUT2D eigenvalue weighted by Gasteiger charge is -2.25. The van der Waals surface area contributed by atoms with Crippen LogP contribution in [0.2, 0.25) is 0 Å². The molecule has 1 amide bonds. The van der Waals surface area contributed by atoms with E-state index in [0.717, 1.165) is 10.4 Å². The molecule has 6 nitrogen and oxygen atoms in total. The number of fused-ring (bicyclic) bond motifs is 1. The smallest absolute Gasteiger partial charge is 0.346 e. The summed E-state index contributed by atoms with van der Waals surface area (Å²) in [6, 6.07) is 14.7. The maximum absolute atomic E-state index is 12.6. The first-order valence-corrected chi connectivity index (χ1v) is 9.82. The zero-order valence-electron chi connectivity index (χ0n) is 15.9. The minimum atomic E-state index is -1.02. The summed E-state index contributed by atoms with van der Waals surface area (Å²) in [7, 11) is 3.16. The molecule has 0 radical (unpaired) electrons. The third-order valence-electron chi connectivity index (χ3n) is 4.99. The van der Waals surface area contributed by atoms with Gasteiger partial charge in [-0.2, -0.15) is 0 Å². The second-order valence-electron chi connectivity index (χ2n) is 6.63. The zero-order chi connectivity index (χ0) is 20.5. The van der Waals surface area contributed by atoms with E-state index in [1.165, 1.54) is 11.3 Å². The van der Waals surface area contributed by atoms with Crippen LogP contribution in [0, 0.1) is 0 Å². The number of ether oxygens (including phenoxy) is 2. The molecule has 0 saturated heterocycles. The molecule has 1 atom stereocenters. The molecule has 148 valence electrons. The van der Waals surface area contributed by atoms with Crippen molar-refractivity contribution in [2.45, 2.75) is 12.3 Å². The Bertz CT molecular complexity index is 1090. The Morgan fingerprint density at radius 2 is 1.83 bits per heavy atom. The summed E-state index contributed by atoms with van der Waals surface area (Å²) < 4.78 is 10.7. The lowest BCUT2D eigenvalue weighted by Crippen LogP contribution is -2.22. The number of carboxylic acid groups (broad SMARTS) is 1. The van der Waals surface area contributed by atoms with Crippen LogP contribution in [0.3, 0.4) is 0 Å². The highest BCUT2D eigenvalue weighted by molar-refractivity contribution is 7.15. The predicted molar refractivity (Wildman–Crippen MR) is 111 cm³/mol. The minimum absolute atomic E-state index is 0.155. The van der Waals surface area contributed by atoms with Gasteiger partial charge in [0.25, 0.3) is 0 Å². The van der Waals surface area contributed by atoms with E-state index in [1.807, 2.05) is 24.3 Å². The standard InChI is InChI=1S/C22H19NO5S/c1-27-13-9-7-12(8-10-13)18-19-20(29-21(18)22(25)26)15(11-17(24)23-19)14-5-3-4-6-16(14)28-2/h3-10,15H,11H2,1-2H3,(H,23,24)(H,25,26)/t15-/m0/s1. The van der Waals surface area contributed by atoms with Gasteiger partial charge in [-0.25, -0.2) is 4.79 Å². The van der Waals surface area contributed by atoms with E-state index in [0.29, 0.717) is 28.3 Å². The van der Waals surface area contributed by atoms with E-state index in [4.69, 9.17) is 9.47 Å². The van der Waals surface area contributed by atoms with Crippen molar-refractivity contribution in [2.24, 2.45) is 0 Å². The van der Waals surface area contributed by atoms with E-state index >= 15 is 0 Å². The average Bonchev–Trinajstić information content (AvgIpc) is 3.12. The van der Waals surface area contributed by atoms with Crippen LogP contribution in [0.5, 0.6) is 11.5 Å².